The maximum atomic E-state index is 14.2. The molecule has 2 saturated heterocycles. The van der Waals surface area contributed by atoms with E-state index >= 15 is 0 Å². The molecular weight excluding hydrogens is 706 g/mol. The first-order valence-corrected chi connectivity index (χ1v) is 17.9. The van der Waals surface area contributed by atoms with E-state index in [-0.39, 0.29) is 36.4 Å². The topological polar surface area (TPSA) is 199 Å². The molecule has 0 radical (unpaired) electrons. The van der Waals surface area contributed by atoms with Crippen molar-refractivity contribution in [2.45, 2.75) is 115 Å². The standard InChI is InChI=1S/C39H45NO14/c1-20-25(42)18-39(45)32(51-33(43)22-11-9-8-10-12-22)30-37(7,31-29(28(20)35(39,3)4)53-36(5,6)54-31)26(17-27-38(30,19-48-27)52-21(2)41)50-34(44)49-24-15-13-23(14-16-24)40(46)47/h8-16,25-27,29-32,42,45H,17-19H2,1-7H3/t25-,26-,27+,29+,30-,31+,32-,37+,38-,39+/m0/s1. The quantitative estimate of drug-likeness (QED) is 0.102. The van der Waals surface area contributed by atoms with Crippen LogP contribution < -0.4 is 4.74 Å². The van der Waals surface area contributed by atoms with E-state index < -0.39 is 93.4 Å². The Morgan fingerprint density at radius 3 is 2.22 bits per heavy atom. The molecule has 15 heteroatoms. The molecule has 4 fully saturated rings. The highest BCUT2D eigenvalue weighted by atomic mass is 16.8. The highest BCUT2D eigenvalue weighted by Crippen LogP contribution is 2.67. The number of nitro benzene ring substituents is 1. The summed E-state index contributed by atoms with van der Waals surface area (Å²) in [4.78, 5) is 51.6. The minimum atomic E-state index is -2.05. The lowest BCUT2D eigenvalue weighted by Crippen LogP contribution is -2.82. The third-order valence-corrected chi connectivity index (χ3v) is 12.4. The van der Waals surface area contributed by atoms with Crippen LogP contribution in [-0.4, -0.2) is 93.5 Å². The normalized spacial score (nSPS) is 37.2. The molecule has 54 heavy (non-hydrogen) atoms. The molecule has 0 aromatic heterocycles. The van der Waals surface area contributed by atoms with Gasteiger partial charge in [0, 0.05) is 42.7 Å². The van der Waals surface area contributed by atoms with Crippen molar-refractivity contribution in [1.29, 1.82) is 0 Å². The van der Waals surface area contributed by atoms with Crippen LogP contribution in [0.25, 0.3) is 0 Å². The molecule has 2 bridgehead atoms. The molecule has 2 aromatic carbocycles. The predicted octanol–water partition coefficient (Wildman–Crippen LogP) is 4.80. The Morgan fingerprint density at radius 1 is 0.963 bits per heavy atom. The summed E-state index contributed by atoms with van der Waals surface area (Å²) in [5.41, 5.74) is -5.32. The molecule has 0 spiro atoms. The minimum Gasteiger partial charge on any atom is -0.455 e. The minimum absolute atomic E-state index is 0.0237. The number of hydrogen-bond acceptors (Lipinski definition) is 14. The molecule has 3 aliphatic carbocycles. The van der Waals surface area contributed by atoms with E-state index in [2.05, 4.69) is 0 Å². The van der Waals surface area contributed by atoms with Crippen LogP contribution in [0.3, 0.4) is 0 Å². The molecule has 2 heterocycles. The molecule has 0 unspecified atom stereocenters. The average molecular weight is 752 g/mol. The number of nitrogens with zero attached hydrogens (tertiary/aromatic N) is 1. The van der Waals surface area contributed by atoms with Crippen LogP contribution in [0.15, 0.2) is 65.7 Å². The molecule has 5 aliphatic rings. The van der Waals surface area contributed by atoms with Crippen molar-refractivity contribution in [2.75, 3.05) is 6.61 Å². The number of benzene rings is 2. The van der Waals surface area contributed by atoms with Crippen LogP contribution in [0.4, 0.5) is 10.5 Å². The maximum Gasteiger partial charge on any atom is 0.514 e. The SMILES string of the molecule is CC(=O)O[C@@]12CO[C@@H]1C[C@H](OC(=O)Oc1ccc([N+](=O)[O-])cc1)[C@@]1(C)[C@@H]3OC(C)(C)O[C@@H]3C3=C(C)[C@@H](O)C[C@@](O)([C@@H](OC(=O)c4ccccc4)[C@H]21)C3(C)C. The highest BCUT2D eigenvalue weighted by molar-refractivity contribution is 5.89. The Bertz CT molecular complexity index is 1890. The third-order valence-electron chi connectivity index (χ3n) is 12.4. The lowest BCUT2D eigenvalue weighted by Gasteiger charge is -2.69. The van der Waals surface area contributed by atoms with Crippen molar-refractivity contribution in [1.82, 2.24) is 0 Å². The first-order chi connectivity index (χ1) is 25.2. The molecule has 15 nitrogen and oxygen atoms in total. The van der Waals surface area contributed by atoms with Gasteiger partial charge in [-0.25, -0.2) is 9.59 Å². The Kier molecular flexibility index (Phi) is 9.01. The second kappa shape index (κ2) is 12.8. The number of fused-ring (bicyclic) bond motifs is 8. The number of aliphatic hydroxyl groups excluding tert-OH is 1. The van der Waals surface area contributed by atoms with Crippen molar-refractivity contribution >= 4 is 23.8 Å². The molecule has 290 valence electrons. The van der Waals surface area contributed by atoms with Gasteiger partial charge in [0.05, 0.1) is 29.1 Å². The van der Waals surface area contributed by atoms with Crippen LogP contribution >= 0.6 is 0 Å². The highest BCUT2D eigenvalue weighted by Gasteiger charge is 2.80. The largest absolute Gasteiger partial charge is 0.514 e. The number of carbonyl (C=O) groups excluding carboxylic acids is 3. The number of nitro groups is 1. The van der Waals surface area contributed by atoms with Gasteiger partial charge in [-0.05, 0) is 56.2 Å². The number of rotatable bonds is 6. The van der Waals surface area contributed by atoms with Gasteiger partial charge in [-0.15, -0.1) is 0 Å². The summed E-state index contributed by atoms with van der Waals surface area (Å²) in [6.45, 7) is 11.6. The molecule has 2 aromatic rings. The summed E-state index contributed by atoms with van der Waals surface area (Å²) in [6, 6.07) is 13.1. The number of hydrogen-bond donors (Lipinski definition) is 2. The Hall–Kier alpha value is -4.41. The fourth-order valence-electron chi connectivity index (χ4n) is 9.80. The summed E-state index contributed by atoms with van der Waals surface area (Å²) in [5.74, 6) is -3.94. The zero-order chi connectivity index (χ0) is 39.2. The fraction of sp³-hybridized carbons (Fsp3) is 0.564. The van der Waals surface area contributed by atoms with Gasteiger partial charge in [0.1, 0.15) is 41.9 Å². The smallest absolute Gasteiger partial charge is 0.455 e. The van der Waals surface area contributed by atoms with Crippen LogP contribution in [0, 0.1) is 26.9 Å². The summed E-state index contributed by atoms with van der Waals surface area (Å²) >= 11 is 0. The average Bonchev–Trinajstić information content (AvgIpc) is 3.41. The third kappa shape index (κ3) is 5.70. The van der Waals surface area contributed by atoms with Gasteiger partial charge in [0.25, 0.3) is 5.69 Å². The first-order valence-electron chi connectivity index (χ1n) is 17.9. The summed E-state index contributed by atoms with van der Waals surface area (Å²) in [5, 5.41) is 36.2. The van der Waals surface area contributed by atoms with Crippen LogP contribution in [0.2, 0.25) is 0 Å². The van der Waals surface area contributed by atoms with Gasteiger partial charge in [0.2, 0.25) is 0 Å². The van der Waals surface area contributed by atoms with Crippen LogP contribution in [-0.2, 0) is 33.2 Å². The fourth-order valence-corrected chi connectivity index (χ4v) is 9.80. The van der Waals surface area contributed by atoms with Crippen molar-refractivity contribution < 1.29 is 62.7 Å². The zero-order valence-electron chi connectivity index (χ0n) is 31.1. The van der Waals surface area contributed by atoms with E-state index in [1.807, 2.05) is 0 Å². The van der Waals surface area contributed by atoms with E-state index in [1.54, 1.807) is 71.9 Å². The first kappa shape index (κ1) is 37.9. The van der Waals surface area contributed by atoms with Gasteiger partial charge in [-0.2, -0.15) is 0 Å². The van der Waals surface area contributed by atoms with Gasteiger partial charge < -0.3 is 43.4 Å². The van der Waals surface area contributed by atoms with Gasteiger partial charge in [0.15, 0.2) is 11.4 Å². The second-order valence-electron chi connectivity index (χ2n) is 16.2. The lowest BCUT2D eigenvalue weighted by atomic mass is 9.44. The van der Waals surface area contributed by atoms with Crippen molar-refractivity contribution in [3.8, 4) is 5.75 Å². The molecule has 2 N–H and O–H groups in total. The Morgan fingerprint density at radius 2 is 1.63 bits per heavy atom. The van der Waals surface area contributed by atoms with E-state index in [4.69, 9.17) is 33.2 Å². The van der Waals surface area contributed by atoms with E-state index in [9.17, 15) is 34.7 Å². The molecular formula is C39H45NO14. The number of carbonyl (C=O) groups is 3. The molecule has 2 saturated carbocycles. The Labute approximate surface area is 311 Å². The predicted molar refractivity (Wildman–Crippen MR) is 186 cm³/mol. The number of ether oxygens (including phenoxy) is 7. The van der Waals surface area contributed by atoms with Crippen molar-refractivity contribution in [2.24, 2.45) is 16.7 Å². The zero-order valence-corrected chi connectivity index (χ0v) is 31.1. The Balaban J connectivity index is 1.44. The van der Waals surface area contributed by atoms with E-state index in [0.29, 0.717) is 11.1 Å². The monoisotopic (exact) mass is 751 g/mol. The summed E-state index contributed by atoms with van der Waals surface area (Å²) in [6.07, 6.45) is -8.28. The van der Waals surface area contributed by atoms with Gasteiger partial charge in [-0.1, -0.05) is 39.0 Å². The summed E-state index contributed by atoms with van der Waals surface area (Å²) < 4.78 is 43.9. The molecule has 10 atom stereocenters. The van der Waals surface area contributed by atoms with Gasteiger partial charge in [-0.3, -0.25) is 14.9 Å². The van der Waals surface area contributed by atoms with Crippen LogP contribution in [0.1, 0.15) is 71.7 Å². The van der Waals surface area contributed by atoms with E-state index in [1.165, 1.54) is 31.2 Å². The van der Waals surface area contributed by atoms with Gasteiger partial charge >= 0.3 is 18.1 Å². The van der Waals surface area contributed by atoms with Crippen LogP contribution in [0.5, 0.6) is 5.75 Å². The van der Waals surface area contributed by atoms with Crippen molar-refractivity contribution in [3.63, 3.8) is 0 Å². The number of non-ortho nitro benzene ring substituents is 1. The second-order valence-corrected chi connectivity index (χ2v) is 16.2. The molecule has 2 aliphatic heterocycles. The summed E-state index contributed by atoms with van der Waals surface area (Å²) in [7, 11) is 0. The maximum absolute atomic E-state index is 14.2. The number of aliphatic hydroxyl groups is 2. The number of esters is 2. The molecule has 7 rings (SSSR count). The van der Waals surface area contributed by atoms with Crippen molar-refractivity contribution in [3.05, 3.63) is 81.4 Å². The lowest BCUT2D eigenvalue weighted by molar-refractivity contribution is -0.384. The van der Waals surface area contributed by atoms with E-state index in [0.717, 1.165) is 0 Å². The molecule has 0 amide bonds.